The zero-order valence-electron chi connectivity index (χ0n) is 13.0. The second kappa shape index (κ2) is 6.40. The Labute approximate surface area is 127 Å². The van der Waals surface area contributed by atoms with Gasteiger partial charge in [0, 0.05) is 18.7 Å². The molecule has 1 heterocycles. The fourth-order valence-corrected chi connectivity index (χ4v) is 3.42. The van der Waals surface area contributed by atoms with Crippen LogP contribution in [0.5, 0.6) is 0 Å². The van der Waals surface area contributed by atoms with Gasteiger partial charge in [0.1, 0.15) is 0 Å². The Hall–Kier alpha value is -1.67. The van der Waals surface area contributed by atoms with E-state index in [1.165, 1.54) is 47.2 Å². The second-order valence-electron chi connectivity index (χ2n) is 5.96. The molecule has 1 aliphatic rings. The largest absolute Gasteiger partial charge is 0.313 e. The molecular weight excluding hydrogens is 256 g/mol. The topological polar surface area (TPSA) is 24.9 Å². The van der Waals surface area contributed by atoms with Crippen LogP contribution in [0.3, 0.4) is 0 Å². The van der Waals surface area contributed by atoms with Gasteiger partial charge in [-0.25, -0.2) is 0 Å². The van der Waals surface area contributed by atoms with Gasteiger partial charge in [0.2, 0.25) is 0 Å². The number of aryl methyl sites for hydroxylation is 2. The van der Waals surface area contributed by atoms with Crippen molar-refractivity contribution in [2.75, 3.05) is 6.54 Å². The molecule has 0 radical (unpaired) electrons. The highest BCUT2D eigenvalue weighted by molar-refractivity contribution is 5.41. The SMILES string of the molecule is CCNCc1ccc(C2CCCc3cccnc32)c(C)c1. The van der Waals surface area contributed by atoms with E-state index in [-0.39, 0.29) is 0 Å². The van der Waals surface area contributed by atoms with Gasteiger partial charge in [-0.05, 0) is 61.1 Å². The van der Waals surface area contributed by atoms with Crippen molar-refractivity contribution in [1.29, 1.82) is 0 Å². The summed E-state index contributed by atoms with van der Waals surface area (Å²) in [5, 5.41) is 3.39. The van der Waals surface area contributed by atoms with E-state index in [2.05, 4.69) is 54.5 Å². The number of benzene rings is 1. The van der Waals surface area contributed by atoms with Gasteiger partial charge in [-0.2, -0.15) is 0 Å². The Balaban J connectivity index is 1.91. The number of aromatic nitrogens is 1. The van der Waals surface area contributed by atoms with Gasteiger partial charge in [0.25, 0.3) is 0 Å². The third-order valence-electron chi connectivity index (χ3n) is 4.48. The summed E-state index contributed by atoms with van der Waals surface area (Å²) in [6.45, 7) is 6.35. The summed E-state index contributed by atoms with van der Waals surface area (Å²) in [6.07, 6.45) is 5.60. The molecule has 1 aromatic heterocycles. The molecule has 1 N–H and O–H groups in total. The molecule has 0 amide bonds. The van der Waals surface area contributed by atoms with E-state index in [4.69, 9.17) is 0 Å². The van der Waals surface area contributed by atoms with Gasteiger partial charge in [-0.15, -0.1) is 0 Å². The minimum absolute atomic E-state index is 0.475. The summed E-state index contributed by atoms with van der Waals surface area (Å²) in [4.78, 5) is 4.68. The monoisotopic (exact) mass is 280 g/mol. The van der Waals surface area contributed by atoms with Crippen molar-refractivity contribution in [2.45, 2.75) is 45.6 Å². The third-order valence-corrected chi connectivity index (χ3v) is 4.48. The van der Waals surface area contributed by atoms with Gasteiger partial charge in [0.15, 0.2) is 0 Å². The van der Waals surface area contributed by atoms with Crippen LogP contribution < -0.4 is 5.32 Å². The number of rotatable bonds is 4. The fourth-order valence-electron chi connectivity index (χ4n) is 3.42. The number of nitrogens with zero attached hydrogens (tertiary/aromatic N) is 1. The summed E-state index contributed by atoms with van der Waals surface area (Å²) in [5.41, 5.74) is 6.95. The van der Waals surface area contributed by atoms with Crippen molar-refractivity contribution in [1.82, 2.24) is 10.3 Å². The molecule has 110 valence electrons. The predicted molar refractivity (Wildman–Crippen MR) is 87.6 cm³/mol. The highest BCUT2D eigenvalue weighted by Gasteiger charge is 2.23. The summed E-state index contributed by atoms with van der Waals surface area (Å²) < 4.78 is 0. The molecule has 0 saturated carbocycles. The van der Waals surface area contributed by atoms with Crippen molar-refractivity contribution in [2.24, 2.45) is 0 Å². The average molecular weight is 280 g/mol. The molecule has 2 aromatic rings. The molecule has 1 atom stereocenters. The highest BCUT2D eigenvalue weighted by Crippen LogP contribution is 2.36. The van der Waals surface area contributed by atoms with Gasteiger partial charge in [-0.1, -0.05) is 31.2 Å². The smallest absolute Gasteiger partial charge is 0.0510 e. The van der Waals surface area contributed by atoms with Crippen molar-refractivity contribution in [3.63, 3.8) is 0 Å². The molecule has 0 saturated heterocycles. The predicted octanol–water partition coefficient (Wildman–Crippen LogP) is 3.97. The minimum atomic E-state index is 0.475. The Kier molecular flexibility index (Phi) is 4.35. The van der Waals surface area contributed by atoms with E-state index >= 15 is 0 Å². The molecule has 1 unspecified atom stereocenters. The zero-order valence-corrected chi connectivity index (χ0v) is 13.0. The molecule has 2 nitrogen and oxygen atoms in total. The zero-order chi connectivity index (χ0) is 14.7. The van der Waals surface area contributed by atoms with Crippen LogP contribution in [0.15, 0.2) is 36.5 Å². The van der Waals surface area contributed by atoms with Crippen LogP contribution in [0.25, 0.3) is 0 Å². The van der Waals surface area contributed by atoms with Gasteiger partial charge < -0.3 is 5.32 Å². The van der Waals surface area contributed by atoms with E-state index in [0.29, 0.717) is 5.92 Å². The maximum absolute atomic E-state index is 4.68. The molecule has 0 bridgehead atoms. The normalized spacial score (nSPS) is 17.5. The first-order chi connectivity index (χ1) is 10.3. The van der Waals surface area contributed by atoms with Crippen molar-refractivity contribution >= 4 is 0 Å². The van der Waals surface area contributed by atoms with Crippen LogP contribution in [-0.2, 0) is 13.0 Å². The maximum Gasteiger partial charge on any atom is 0.0510 e. The molecule has 3 rings (SSSR count). The Morgan fingerprint density at radius 3 is 3.00 bits per heavy atom. The number of hydrogen-bond acceptors (Lipinski definition) is 2. The number of fused-ring (bicyclic) bond motifs is 1. The molecule has 0 spiro atoms. The van der Waals surface area contributed by atoms with Gasteiger partial charge in [0.05, 0.1) is 5.69 Å². The molecule has 1 aliphatic carbocycles. The van der Waals surface area contributed by atoms with Gasteiger partial charge in [-0.3, -0.25) is 4.98 Å². The lowest BCUT2D eigenvalue weighted by Gasteiger charge is -2.26. The molecule has 1 aromatic carbocycles. The van der Waals surface area contributed by atoms with E-state index in [1.54, 1.807) is 0 Å². The van der Waals surface area contributed by atoms with E-state index in [9.17, 15) is 0 Å². The van der Waals surface area contributed by atoms with Crippen molar-refractivity contribution in [3.05, 3.63) is 64.5 Å². The first-order valence-corrected chi connectivity index (χ1v) is 8.03. The van der Waals surface area contributed by atoms with Crippen molar-refractivity contribution in [3.8, 4) is 0 Å². The lowest BCUT2D eigenvalue weighted by molar-refractivity contribution is 0.596. The van der Waals surface area contributed by atoms with Crippen LogP contribution in [0, 0.1) is 6.92 Å². The van der Waals surface area contributed by atoms with Crippen LogP contribution >= 0.6 is 0 Å². The number of hydrogen-bond donors (Lipinski definition) is 1. The van der Waals surface area contributed by atoms with Crippen LogP contribution in [0.1, 0.15) is 53.6 Å². The standard InChI is InChI=1S/C19H24N2/c1-3-20-13-15-9-10-17(14(2)12-15)18-8-4-6-16-7-5-11-21-19(16)18/h5,7,9-12,18,20H,3-4,6,8,13H2,1-2H3. The number of nitrogens with one attached hydrogen (secondary N) is 1. The van der Waals surface area contributed by atoms with Crippen LogP contribution in [-0.4, -0.2) is 11.5 Å². The van der Waals surface area contributed by atoms with Crippen LogP contribution in [0.2, 0.25) is 0 Å². The summed E-state index contributed by atoms with van der Waals surface area (Å²) in [5.74, 6) is 0.475. The van der Waals surface area contributed by atoms with Crippen LogP contribution in [0.4, 0.5) is 0 Å². The Morgan fingerprint density at radius 1 is 1.29 bits per heavy atom. The minimum Gasteiger partial charge on any atom is -0.313 e. The first-order valence-electron chi connectivity index (χ1n) is 8.03. The molecule has 21 heavy (non-hydrogen) atoms. The summed E-state index contributed by atoms with van der Waals surface area (Å²) in [7, 11) is 0. The summed E-state index contributed by atoms with van der Waals surface area (Å²) in [6, 6.07) is 11.2. The Morgan fingerprint density at radius 2 is 2.19 bits per heavy atom. The van der Waals surface area contributed by atoms with Gasteiger partial charge >= 0.3 is 0 Å². The van der Waals surface area contributed by atoms with Crippen molar-refractivity contribution < 1.29 is 0 Å². The average Bonchev–Trinajstić information content (AvgIpc) is 2.53. The molecule has 0 aliphatic heterocycles. The Bertz CT molecular complexity index is 619. The molecule has 0 fully saturated rings. The third kappa shape index (κ3) is 3.01. The second-order valence-corrected chi connectivity index (χ2v) is 5.96. The molecular formula is C19H24N2. The van der Waals surface area contributed by atoms with E-state index < -0.39 is 0 Å². The first kappa shape index (κ1) is 14.3. The van der Waals surface area contributed by atoms with E-state index in [1.807, 2.05) is 6.20 Å². The highest BCUT2D eigenvalue weighted by atomic mass is 14.8. The quantitative estimate of drug-likeness (QED) is 0.916. The lowest BCUT2D eigenvalue weighted by atomic mass is 9.80. The fraction of sp³-hybridized carbons (Fsp3) is 0.421. The lowest BCUT2D eigenvalue weighted by Crippen LogP contribution is -2.15. The summed E-state index contributed by atoms with van der Waals surface area (Å²) >= 11 is 0. The maximum atomic E-state index is 4.68. The molecule has 2 heteroatoms. The van der Waals surface area contributed by atoms with E-state index in [0.717, 1.165) is 13.1 Å². The number of pyridine rings is 1.